The highest BCUT2D eigenvalue weighted by Gasteiger charge is 2.23. The largest absolute Gasteiger partial charge is 0.396 e. The van der Waals surface area contributed by atoms with Crippen LogP contribution in [0.1, 0.15) is 5.56 Å². The van der Waals surface area contributed by atoms with Gasteiger partial charge in [0.2, 0.25) is 0 Å². The van der Waals surface area contributed by atoms with Crippen LogP contribution in [0.5, 0.6) is 0 Å². The van der Waals surface area contributed by atoms with Crippen LogP contribution in [-0.2, 0) is 6.42 Å². The summed E-state index contributed by atoms with van der Waals surface area (Å²) >= 11 is 1.97. The third-order valence-corrected chi connectivity index (χ3v) is 4.73. The van der Waals surface area contributed by atoms with Gasteiger partial charge in [-0.1, -0.05) is 18.2 Å². The van der Waals surface area contributed by atoms with E-state index in [9.17, 15) is 0 Å². The topological polar surface area (TPSA) is 42.2 Å². The number of hydrogen-bond acceptors (Lipinski definition) is 4. The zero-order valence-corrected chi connectivity index (χ0v) is 11.7. The first-order valence-corrected chi connectivity index (χ1v) is 7.27. The number of thioether (sulfide) groups is 1. The van der Waals surface area contributed by atoms with Gasteiger partial charge in [-0.2, -0.15) is 0 Å². The molecular formula is C15H17N3S. The standard InChI is InChI=1S/C15H17N3S/c1-18(14-6-7-17-9-13(14)16)10-12-8-11-4-2-3-5-15(11)19-12/h2-7,9,12H,8,10,16H2,1H3. The van der Waals surface area contributed by atoms with Gasteiger partial charge in [-0.05, 0) is 24.1 Å². The van der Waals surface area contributed by atoms with E-state index in [1.165, 1.54) is 10.5 Å². The van der Waals surface area contributed by atoms with E-state index in [0.29, 0.717) is 5.25 Å². The smallest absolute Gasteiger partial charge is 0.0738 e. The Hall–Kier alpha value is -1.68. The summed E-state index contributed by atoms with van der Waals surface area (Å²) < 4.78 is 0. The Morgan fingerprint density at radius 1 is 1.37 bits per heavy atom. The summed E-state index contributed by atoms with van der Waals surface area (Å²) in [6, 6.07) is 10.6. The SMILES string of the molecule is CN(CC1Cc2ccccc2S1)c1ccncc1N. The van der Waals surface area contributed by atoms with Crippen molar-refractivity contribution in [2.75, 3.05) is 24.2 Å². The molecule has 2 heterocycles. The van der Waals surface area contributed by atoms with Crippen LogP contribution in [0.15, 0.2) is 47.6 Å². The molecule has 0 saturated carbocycles. The molecule has 3 rings (SSSR count). The lowest BCUT2D eigenvalue weighted by Gasteiger charge is -2.23. The van der Waals surface area contributed by atoms with Gasteiger partial charge in [0.25, 0.3) is 0 Å². The maximum Gasteiger partial charge on any atom is 0.0738 e. The molecular weight excluding hydrogens is 254 g/mol. The van der Waals surface area contributed by atoms with E-state index in [2.05, 4.69) is 41.2 Å². The Bertz CT molecular complexity index is 560. The number of nitrogen functional groups attached to an aromatic ring is 1. The minimum atomic E-state index is 0.593. The lowest BCUT2D eigenvalue weighted by Crippen LogP contribution is -2.27. The molecule has 4 heteroatoms. The molecule has 0 radical (unpaired) electrons. The highest BCUT2D eigenvalue weighted by molar-refractivity contribution is 8.00. The molecule has 0 spiro atoms. The number of rotatable bonds is 3. The molecule has 0 saturated heterocycles. The second-order valence-corrected chi connectivity index (χ2v) is 6.21. The van der Waals surface area contributed by atoms with Gasteiger partial charge in [0.05, 0.1) is 17.6 Å². The normalized spacial score (nSPS) is 17.2. The Morgan fingerprint density at radius 2 is 2.21 bits per heavy atom. The zero-order chi connectivity index (χ0) is 13.2. The molecule has 2 N–H and O–H groups in total. The molecule has 1 aliphatic heterocycles. The van der Waals surface area contributed by atoms with Crippen molar-refractivity contribution in [2.24, 2.45) is 0 Å². The Labute approximate surface area is 117 Å². The predicted octanol–water partition coefficient (Wildman–Crippen LogP) is 2.82. The minimum Gasteiger partial charge on any atom is -0.396 e. The van der Waals surface area contributed by atoms with Gasteiger partial charge in [0.1, 0.15) is 0 Å². The van der Waals surface area contributed by atoms with E-state index in [4.69, 9.17) is 5.73 Å². The lowest BCUT2D eigenvalue weighted by molar-refractivity contribution is 0.814. The average molecular weight is 271 g/mol. The first-order valence-electron chi connectivity index (χ1n) is 6.39. The maximum absolute atomic E-state index is 5.97. The summed E-state index contributed by atoms with van der Waals surface area (Å²) in [5.41, 5.74) is 9.24. The summed E-state index contributed by atoms with van der Waals surface area (Å²) in [5, 5.41) is 0.593. The first-order chi connectivity index (χ1) is 9.24. The van der Waals surface area contributed by atoms with Gasteiger partial charge in [0, 0.05) is 29.9 Å². The molecule has 1 aromatic heterocycles. The van der Waals surface area contributed by atoms with E-state index < -0.39 is 0 Å². The van der Waals surface area contributed by atoms with Crippen molar-refractivity contribution in [3.05, 3.63) is 48.3 Å². The van der Waals surface area contributed by atoms with E-state index in [1.54, 1.807) is 12.4 Å². The molecule has 1 aliphatic rings. The number of pyridine rings is 1. The third-order valence-electron chi connectivity index (χ3n) is 3.43. The Balaban J connectivity index is 1.69. The number of nitrogens with zero attached hydrogens (tertiary/aromatic N) is 2. The van der Waals surface area contributed by atoms with E-state index in [-0.39, 0.29) is 0 Å². The quantitative estimate of drug-likeness (QED) is 0.932. The summed E-state index contributed by atoms with van der Waals surface area (Å²) in [7, 11) is 2.09. The highest BCUT2D eigenvalue weighted by Crippen LogP contribution is 2.37. The van der Waals surface area contributed by atoms with Crippen LogP contribution in [0, 0.1) is 0 Å². The average Bonchev–Trinajstić information content (AvgIpc) is 2.81. The van der Waals surface area contributed by atoms with Gasteiger partial charge in [0.15, 0.2) is 0 Å². The monoisotopic (exact) mass is 271 g/mol. The Kier molecular flexibility index (Phi) is 3.34. The molecule has 1 unspecified atom stereocenters. The van der Waals surface area contributed by atoms with Crippen LogP contribution >= 0.6 is 11.8 Å². The molecule has 0 bridgehead atoms. The van der Waals surface area contributed by atoms with Crippen molar-refractivity contribution in [3.8, 4) is 0 Å². The van der Waals surface area contributed by atoms with E-state index in [1.807, 2.05) is 17.8 Å². The summed E-state index contributed by atoms with van der Waals surface area (Å²) in [6.45, 7) is 0.994. The first kappa shape index (κ1) is 12.4. The van der Waals surface area contributed by atoms with Crippen LogP contribution in [0.4, 0.5) is 11.4 Å². The number of nitrogens with two attached hydrogens (primary N) is 1. The van der Waals surface area contributed by atoms with Crippen molar-refractivity contribution >= 4 is 23.1 Å². The van der Waals surface area contributed by atoms with Gasteiger partial charge in [-0.15, -0.1) is 11.8 Å². The Morgan fingerprint density at radius 3 is 3.00 bits per heavy atom. The molecule has 0 fully saturated rings. The number of fused-ring (bicyclic) bond motifs is 1. The molecule has 0 amide bonds. The molecule has 98 valence electrons. The van der Waals surface area contributed by atoms with Gasteiger partial charge < -0.3 is 10.6 Å². The molecule has 19 heavy (non-hydrogen) atoms. The fourth-order valence-corrected chi connectivity index (χ4v) is 3.89. The summed E-state index contributed by atoms with van der Waals surface area (Å²) in [6.07, 6.45) is 4.64. The van der Waals surface area contributed by atoms with Crippen molar-refractivity contribution in [2.45, 2.75) is 16.6 Å². The van der Waals surface area contributed by atoms with Crippen LogP contribution in [0.3, 0.4) is 0 Å². The highest BCUT2D eigenvalue weighted by atomic mass is 32.2. The maximum atomic E-state index is 5.97. The lowest BCUT2D eigenvalue weighted by atomic mass is 10.1. The number of aromatic nitrogens is 1. The van der Waals surface area contributed by atoms with Crippen molar-refractivity contribution in [1.29, 1.82) is 0 Å². The minimum absolute atomic E-state index is 0.593. The predicted molar refractivity (Wildman–Crippen MR) is 81.7 cm³/mol. The van der Waals surface area contributed by atoms with Crippen LogP contribution in [-0.4, -0.2) is 23.8 Å². The van der Waals surface area contributed by atoms with Crippen molar-refractivity contribution in [1.82, 2.24) is 4.98 Å². The number of benzene rings is 1. The third kappa shape index (κ3) is 2.54. The summed E-state index contributed by atoms with van der Waals surface area (Å²) in [5.74, 6) is 0. The molecule has 1 atom stereocenters. The number of anilines is 2. The molecule has 3 nitrogen and oxygen atoms in total. The zero-order valence-electron chi connectivity index (χ0n) is 10.9. The second-order valence-electron chi connectivity index (χ2n) is 4.87. The van der Waals surface area contributed by atoms with Gasteiger partial charge in [-0.3, -0.25) is 4.98 Å². The fraction of sp³-hybridized carbons (Fsp3) is 0.267. The second kappa shape index (κ2) is 5.13. The van der Waals surface area contributed by atoms with Crippen molar-refractivity contribution in [3.63, 3.8) is 0 Å². The summed E-state index contributed by atoms with van der Waals surface area (Å²) in [4.78, 5) is 7.68. The van der Waals surface area contributed by atoms with Crippen molar-refractivity contribution < 1.29 is 0 Å². The van der Waals surface area contributed by atoms with Crippen LogP contribution in [0.2, 0.25) is 0 Å². The molecule has 1 aromatic carbocycles. The number of hydrogen-bond donors (Lipinski definition) is 1. The molecule has 2 aromatic rings. The van der Waals surface area contributed by atoms with Crippen LogP contribution < -0.4 is 10.6 Å². The van der Waals surface area contributed by atoms with Gasteiger partial charge >= 0.3 is 0 Å². The van der Waals surface area contributed by atoms with Gasteiger partial charge in [-0.25, -0.2) is 0 Å². The van der Waals surface area contributed by atoms with E-state index in [0.717, 1.165) is 24.3 Å². The van der Waals surface area contributed by atoms with Crippen LogP contribution in [0.25, 0.3) is 0 Å². The molecule has 0 aliphatic carbocycles. The fourth-order valence-electron chi connectivity index (χ4n) is 2.51. The van der Waals surface area contributed by atoms with E-state index >= 15 is 0 Å².